The molecule has 4 nitrogen and oxygen atoms in total. The zero-order chi connectivity index (χ0) is 10.6. The van der Waals surface area contributed by atoms with E-state index in [2.05, 4.69) is 5.32 Å². The van der Waals surface area contributed by atoms with Crippen LogP contribution in [-0.4, -0.2) is 36.4 Å². The van der Waals surface area contributed by atoms with E-state index in [9.17, 15) is 9.90 Å². The van der Waals surface area contributed by atoms with Gasteiger partial charge in [0, 0.05) is 13.2 Å². The third-order valence-corrected chi connectivity index (χ3v) is 2.48. The Hall–Kier alpha value is -0.610. The summed E-state index contributed by atoms with van der Waals surface area (Å²) in [7, 11) is 0. The van der Waals surface area contributed by atoms with E-state index >= 15 is 0 Å². The average molecular weight is 201 g/mol. The van der Waals surface area contributed by atoms with Gasteiger partial charge in [-0.3, -0.25) is 4.79 Å². The van der Waals surface area contributed by atoms with Gasteiger partial charge in [0.2, 0.25) is 5.91 Å². The summed E-state index contributed by atoms with van der Waals surface area (Å²) in [5, 5.41) is 12.2. The second-order valence-electron chi connectivity index (χ2n) is 4.06. The van der Waals surface area contributed by atoms with Gasteiger partial charge < -0.3 is 15.2 Å². The maximum Gasteiger partial charge on any atom is 0.249 e. The van der Waals surface area contributed by atoms with Crippen molar-refractivity contribution >= 4 is 5.91 Å². The van der Waals surface area contributed by atoms with E-state index in [4.69, 9.17) is 4.74 Å². The number of nitrogens with one attached hydrogen (secondary N) is 1. The van der Waals surface area contributed by atoms with Gasteiger partial charge in [0.15, 0.2) is 0 Å². The van der Waals surface area contributed by atoms with Crippen molar-refractivity contribution in [1.82, 2.24) is 5.32 Å². The van der Waals surface area contributed by atoms with Crippen LogP contribution < -0.4 is 5.32 Å². The van der Waals surface area contributed by atoms with Gasteiger partial charge in [0.25, 0.3) is 0 Å². The molecule has 0 aromatic rings. The minimum absolute atomic E-state index is 0.0952. The molecule has 0 spiro atoms. The average Bonchev–Trinajstić information content (AvgIpc) is 2.66. The number of rotatable bonds is 4. The summed E-state index contributed by atoms with van der Waals surface area (Å²) in [4.78, 5) is 11.4. The van der Waals surface area contributed by atoms with Crippen LogP contribution in [0, 0.1) is 5.92 Å². The highest BCUT2D eigenvalue weighted by Gasteiger charge is 2.23. The zero-order valence-electron chi connectivity index (χ0n) is 8.82. The van der Waals surface area contributed by atoms with E-state index in [0.29, 0.717) is 13.2 Å². The summed E-state index contributed by atoms with van der Waals surface area (Å²) < 4.78 is 5.21. The van der Waals surface area contributed by atoms with Crippen molar-refractivity contribution in [3.05, 3.63) is 0 Å². The van der Waals surface area contributed by atoms with Crippen molar-refractivity contribution in [2.24, 2.45) is 5.92 Å². The Morgan fingerprint density at radius 2 is 2.36 bits per heavy atom. The highest BCUT2D eigenvalue weighted by atomic mass is 16.5. The second kappa shape index (κ2) is 5.32. The van der Waals surface area contributed by atoms with Crippen LogP contribution in [0.4, 0.5) is 0 Å². The van der Waals surface area contributed by atoms with Gasteiger partial charge in [-0.25, -0.2) is 0 Å². The van der Waals surface area contributed by atoms with Crippen LogP contribution in [0.5, 0.6) is 0 Å². The van der Waals surface area contributed by atoms with Crippen LogP contribution in [0.3, 0.4) is 0 Å². The van der Waals surface area contributed by atoms with Crippen LogP contribution in [0.25, 0.3) is 0 Å². The second-order valence-corrected chi connectivity index (χ2v) is 4.06. The molecule has 1 aliphatic heterocycles. The fourth-order valence-corrected chi connectivity index (χ4v) is 1.34. The third-order valence-electron chi connectivity index (χ3n) is 2.48. The lowest BCUT2D eigenvalue weighted by molar-refractivity contribution is -0.130. The topological polar surface area (TPSA) is 58.6 Å². The number of amides is 1. The quantitative estimate of drug-likeness (QED) is 0.687. The molecule has 0 aliphatic carbocycles. The Bertz CT molecular complexity index is 188. The van der Waals surface area contributed by atoms with Crippen molar-refractivity contribution in [2.45, 2.75) is 38.9 Å². The lowest BCUT2D eigenvalue weighted by Crippen LogP contribution is -2.40. The molecule has 1 heterocycles. The highest BCUT2D eigenvalue weighted by Crippen LogP contribution is 2.11. The predicted octanol–water partition coefficient (Wildman–Crippen LogP) is 0.298. The van der Waals surface area contributed by atoms with E-state index in [-0.39, 0.29) is 17.9 Å². The summed E-state index contributed by atoms with van der Waals surface area (Å²) in [5.41, 5.74) is 0. The maximum absolute atomic E-state index is 11.4. The molecular formula is C10H19NO3. The van der Waals surface area contributed by atoms with Gasteiger partial charge in [0.1, 0.15) is 6.10 Å². The first-order valence-corrected chi connectivity index (χ1v) is 5.18. The third kappa shape index (κ3) is 3.27. The molecule has 1 saturated heterocycles. The molecule has 1 amide bonds. The van der Waals surface area contributed by atoms with Gasteiger partial charge in [-0.15, -0.1) is 0 Å². The molecule has 1 rings (SSSR count). The summed E-state index contributed by atoms with van der Waals surface area (Å²) in [5.74, 6) is 0.0713. The fourth-order valence-electron chi connectivity index (χ4n) is 1.34. The minimum atomic E-state index is -0.472. The van der Waals surface area contributed by atoms with Gasteiger partial charge in [-0.1, -0.05) is 13.8 Å². The molecular weight excluding hydrogens is 182 g/mol. The van der Waals surface area contributed by atoms with Crippen molar-refractivity contribution in [1.29, 1.82) is 0 Å². The van der Waals surface area contributed by atoms with Crippen LogP contribution in [0.1, 0.15) is 26.7 Å². The van der Waals surface area contributed by atoms with E-state index in [1.165, 1.54) is 0 Å². The Morgan fingerprint density at radius 1 is 1.64 bits per heavy atom. The predicted molar refractivity (Wildman–Crippen MR) is 52.8 cm³/mol. The molecule has 4 heteroatoms. The minimum Gasteiger partial charge on any atom is -0.391 e. The molecule has 82 valence electrons. The van der Waals surface area contributed by atoms with Crippen LogP contribution in [0.15, 0.2) is 0 Å². The van der Waals surface area contributed by atoms with E-state index < -0.39 is 6.10 Å². The smallest absolute Gasteiger partial charge is 0.249 e. The molecule has 1 fully saturated rings. The van der Waals surface area contributed by atoms with Gasteiger partial charge in [-0.2, -0.15) is 0 Å². The number of hydrogen-bond donors (Lipinski definition) is 2. The zero-order valence-corrected chi connectivity index (χ0v) is 8.82. The van der Waals surface area contributed by atoms with Crippen LogP contribution >= 0.6 is 0 Å². The Labute approximate surface area is 84.6 Å². The molecule has 0 radical (unpaired) electrons. The van der Waals surface area contributed by atoms with Crippen LogP contribution in [0.2, 0.25) is 0 Å². The number of carbonyl (C=O) groups excluding carboxylic acids is 1. The standard InChI is InChI=1S/C10H19NO3/c1-7(2)8(12)6-11-10(13)9-4-3-5-14-9/h7-9,12H,3-6H2,1-2H3,(H,11,13)/t8?,9-/m0/s1. The first-order valence-electron chi connectivity index (χ1n) is 5.18. The lowest BCUT2D eigenvalue weighted by Gasteiger charge is -2.16. The number of carbonyl (C=O) groups is 1. The summed E-state index contributed by atoms with van der Waals surface area (Å²) in [6.45, 7) is 4.83. The van der Waals surface area contributed by atoms with Gasteiger partial charge >= 0.3 is 0 Å². The van der Waals surface area contributed by atoms with E-state index in [1.807, 2.05) is 13.8 Å². The van der Waals surface area contributed by atoms with Crippen molar-refractivity contribution in [3.8, 4) is 0 Å². The summed E-state index contributed by atoms with van der Waals surface area (Å²) in [6.07, 6.45) is 0.976. The van der Waals surface area contributed by atoms with Crippen molar-refractivity contribution in [3.63, 3.8) is 0 Å². The summed E-state index contributed by atoms with van der Waals surface area (Å²) in [6, 6.07) is 0. The lowest BCUT2D eigenvalue weighted by atomic mass is 10.1. The van der Waals surface area contributed by atoms with Crippen molar-refractivity contribution < 1.29 is 14.6 Å². The Morgan fingerprint density at radius 3 is 2.86 bits per heavy atom. The van der Waals surface area contributed by atoms with E-state index in [0.717, 1.165) is 12.8 Å². The monoisotopic (exact) mass is 201 g/mol. The number of ether oxygens (including phenoxy) is 1. The Balaban J connectivity index is 2.20. The number of aliphatic hydroxyl groups excluding tert-OH is 1. The highest BCUT2D eigenvalue weighted by molar-refractivity contribution is 5.80. The molecule has 0 aromatic heterocycles. The molecule has 2 N–H and O–H groups in total. The van der Waals surface area contributed by atoms with Gasteiger partial charge in [-0.05, 0) is 18.8 Å². The molecule has 1 unspecified atom stereocenters. The maximum atomic E-state index is 11.4. The molecule has 2 atom stereocenters. The molecule has 0 aromatic carbocycles. The van der Waals surface area contributed by atoms with Gasteiger partial charge in [0.05, 0.1) is 6.10 Å². The molecule has 1 aliphatic rings. The van der Waals surface area contributed by atoms with Crippen LogP contribution in [-0.2, 0) is 9.53 Å². The summed E-state index contributed by atoms with van der Waals surface area (Å²) >= 11 is 0. The Kier molecular flexibility index (Phi) is 4.35. The molecule has 14 heavy (non-hydrogen) atoms. The number of aliphatic hydroxyl groups is 1. The SMILES string of the molecule is CC(C)C(O)CNC(=O)[C@@H]1CCCO1. The normalized spacial score (nSPS) is 23.9. The molecule has 0 bridgehead atoms. The van der Waals surface area contributed by atoms with Crippen molar-refractivity contribution in [2.75, 3.05) is 13.2 Å². The largest absolute Gasteiger partial charge is 0.391 e. The first-order chi connectivity index (χ1) is 6.61. The number of hydrogen-bond acceptors (Lipinski definition) is 3. The van der Waals surface area contributed by atoms with E-state index in [1.54, 1.807) is 0 Å². The first kappa shape index (κ1) is 11.5. The molecule has 0 saturated carbocycles. The fraction of sp³-hybridized carbons (Fsp3) is 0.900.